The van der Waals surface area contributed by atoms with Gasteiger partial charge in [-0.15, -0.1) is 11.3 Å². The lowest BCUT2D eigenvalue weighted by Crippen LogP contribution is -2.09. The molecule has 1 aliphatic rings. The molecular formula is C34H24N4S. The van der Waals surface area contributed by atoms with E-state index in [0.717, 1.165) is 25.2 Å². The highest BCUT2D eigenvalue weighted by Gasteiger charge is 2.21. The minimum Gasteiger partial charge on any atom is -0.295 e. The summed E-state index contributed by atoms with van der Waals surface area (Å²) in [6.07, 6.45) is 4.06. The predicted molar refractivity (Wildman–Crippen MR) is 163 cm³/mol. The number of hydrogen-bond acceptors (Lipinski definition) is 2. The zero-order valence-corrected chi connectivity index (χ0v) is 22.0. The van der Waals surface area contributed by atoms with Crippen LogP contribution in [0.2, 0.25) is 0 Å². The average Bonchev–Trinajstić information content (AvgIpc) is 3.74. The van der Waals surface area contributed by atoms with Gasteiger partial charge in [-0.25, -0.2) is 4.68 Å². The summed E-state index contributed by atoms with van der Waals surface area (Å²) in [5, 5.41) is 9.83. The summed E-state index contributed by atoms with van der Waals surface area (Å²) in [7, 11) is 0. The minimum absolute atomic E-state index is 0.948. The fourth-order valence-electron chi connectivity index (χ4n) is 6.50. The van der Waals surface area contributed by atoms with Crippen molar-refractivity contribution in [2.75, 3.05) is 0 Å². The van der Waals surface area contributed by atoms with Crippen LogP contribution in [-0.4, -0.2) is 18.9 Å². The molecule has 0 atom stereocenters. The summed E-state index contributed by atoms with van der Waals surface area (Å²) in [5.74, 6) is 2.31. The molecule has 0 spiro atoms. The Bertz CT molecular complexity index is 2220. The van der Waals surface area contributed by atoms with E-state index < -0.39 is 0 Å². The number of aromatic nitrogens is 4. The fourth-order valence-corrected chi connectivity index (χ4v) is 7.59. The van der Waals surface area contributed by atoms with E-state index in [1.807, 2.05) is 17.5 Å². The summed E-state index contributed by atoms with van der Waals surface area (Å²) in [5.41, 5.74) is 6.28. The van der Waals surface area contributed by atoms with Gasteiger partial charge in [-0.2, -0.15) is 5.10 Å². The van der Waals surface area contributed by atoms with Crippen molar-refractivity contribution in [2.24, 2.45) is 0 Å². The maximum absolute atomic E-state index is 4.61. The summed E-state index contributed by atoms with van der Waals surface area (Å²) < 4.78 is 9.64. The molecule has 0 radical (unpaired) electrons. The SMILES string of the molecule is c1ccc2c(c1)sc1ccc(-c3ccc4c(c3)c3ccccc3n4-c3ccc4n3-c3ccnn3CCC4)cc12. The topological polar surface area (TPSA) is 27.7 Å². The van der Waals surface area contributed by atoms with Crippen LogP contribution in [0.1, 0.15) is 12.1 Å². The third kappa shape index (κ3) is 3.02. The summed E-state index contributed by atoms with van der Waals surface area (Å²) >= 11 is 1.87. The van der Waals surface area contributed by atoms with Crippen molar-refractivity contribution in [1.82, 2.24) is 18.9 Å². The first-order chi connectivity index (χ1) is 19.3. The van der Waals surface area contributed by atoms with Crippen LogP contribution in [0, 0.1) is 0 Å². The molecule has 0 aliphatic carbocycles. The largest absolute Gasteiger partial charge is 0.295 e. The Hall–Kier alpha value is -4.61. The molecule has 0 amide bonds. The van der Waals surface area contributed by atoms with Crippen LogP contribution < -0.4 is 0 Å². The molecule has 8 aromatic rings. The van der Waals surface area contributed by atoms with Crippen LogP contribution in [-0.2, 0) is 13.0 Å². The second-order valence-corrected chi connectivity index (χ2v) is 11.5. The molecule has 0 bridgehead atoms. The molecule has 4 aromatic carbocycles. The van der Waals surface area contributed by atoms with E-state index in [4.69, 9.17) is 0 Å². The van der Waals surface area contributed by atoms with Gasteiger partial charge in [0.2, 0.25) is 0 Å². The zero-order valence-electron chi connectivity index (χ0n) is 21.2. The number of aryl methyl sites for hydroxylation is 2. The van der Waals surface area contributed by atoms with Crippen LogP contribution >= 0.6 is 11.3 Å². The summed E-state index contributed by atoms with van der Waals surface area (Å²) in [4.78, 5) is 0. The summed E-state index contributed by atoms with van der Waals surface area (Å²) in [6.45, 7) is 0.948. The normalized spacial score (nSPS) is 13.3. The molecule has 186 valence electrons. The minimum atomic E-state index is 0.948. The van der Waals surface area contributed by atoms with Crippen LogP contribution in [0.3, 0.4) is 0 Å². The Morgan fingerprint density at radius 1 is 0.590 bits per heavy atom. The lowest BCUT2D eigenvalue weighted by atomic mass is 10.0. The van der Waals surface area contributed by atoms with E-state index in [1.165, 1.54) is 64.6 Å². The van der Waals surface area contributed by atoms with E-state index in [-0.39, 0.29) is 0 Å². The molecule has 0 fully saturated rings. The van der Waals surface area contributed by atoms with Crippen LogP contribution in [0.25, 0.3) is 64.7 Å². The lowest BCUT2D eigenvalue weighted by molar-refractivity contribution is 0.589. The van der Waals surface area contributed by atoms with Crippen molar-refractivity contribution < 1.29 is 0 Å². The van der Waals surface area contributed by atoms with E-state index in [9.17, 15) is 0 Å². The molecule has 5 heteroatoms. The standard InChI is InChI=1S/C34H24N4S/c1-3-9-29-25(7-1)27-20-22(23-12-15-32-28(21-23)26-8-2-4-10-31(26)39-32)11-14-30(27)38(29)34-16-13-24-6-5-19-36-33(37(24)34)17-18-35-36/h1-4,7-18,20-21H,5-6,19H2. The monoisotopic (exact) mass is 520 g/mol. The van der Waals surface area contributed by atoms with Gasteiger partial charge in [0, 0.05) is 49.2 Å². The number of rotatable bonds is 2. The molecule has 5 heterocycles. The van der Waals surface area contributed by atoms with E-state index in [1.54, 1.807) is 0 Å². The van der Waals surface area contributed by atoms with Gasteiger partial charge in [0.1, 0.15) is 11.6 Å². The first-order valence-corrected chi connectivity index (χ1v) is 14.3. The third-order valence-electron chi connectivity index (χ3n) is 8.28. The molecule has 0 unspecified atom stereocenters. The Morgan fingerprint density at radius 2 is 1.36 bits per heavy atom. The predicted octanol–water partition coefficient (Wildman–Crippen LogP) is 8.75. The molecule has 0 N–H and O–H groups in total. The first-order valence-electron chi connectivity index (χ1n) is 13.5. The Morgan fingerprint density at radius 3 is 2.31 bits per heavy atom. The number of para-hydroxylation sites is 1. The van der Waals surface area contributed by atoms with E-state index in [2.05, 4.69) is 122 Å². The number of hydrogen-bond donors (Lipinski definition) is 0. The number of nitrogens with zero attached hydrogens (tertiary/aromatic N) is 4. The lowest BCUT2D eigenvalue weighted by Gasteiger charge is -2.14. The smallest absolute Gasteiger partial charge is 0.136 e. The van der Waals surface area contributed by atoms with Gasteiger partial charge in [-0.05, 0) is 72.5 Å². The van der Waals surface area contributed by atoms with Crippen molar-refractivity contribution in [1.29, 1.82) is 0 Å². The molecule has 1 aliphatic heterocycles. The van der Waals surface area contributed by atoms with Gasteiger partial charge in [-0.3, -0.25) is 9.13 Å². The Balaban J connectivity index is 1.28. The molecule has 0 saturated heterocycles. The highest BCUT2D eigenvalue weighted by Crippen LogP contribution is 2.39. The van der Waals surface area contributed by atoms with Gasteiger partial charge >= 0.3 is 0 Å². The van der Waals surface area contributed by atoms with Crippen molar-refractivity contribution in [3.05, 3.63) is 115 Å². The average molecular weight is 521 g/mol. The Labute approximate surface area is 229 Å². The van der Waals surface area contributed by atoms with Crippen molar-refractivity contribution in [3.8, 4) is 22.8 Å². The van der Waals surface area contributed by atoms with Gasteiger partial charge in [0.25, 0.3) is 0 Å². The van der Waals surface area contributed by atoms with Gasteiger partial charge in [-0.1, -0.05) is 48.5 Å². The van der Waals surface area contributed by atoms with Gasteiger partial charge < -0.3 is 0 Å². The zero-order chi connectivity index (χ0) is 25.5. The van der Waals surface area contributed by atoms with Crippen molar-refractivity contribution >= 4 is 53.3 Å². The second kappa shape index (κ2) is 7.95. The molecule has 4 nitrogen and oxygen atoms in total. The number of benzene rings is 4. The first kappa shape index (κ1) is 21.3. The molecule has 4 aromatic heterocycles. The number of fused-ring (bicyclic) bond motifs is 9. The second-order valence-electron chi connectivity index (χ2n) is 10.4. The molecule has 39 heavy (non-hydrogen) atoms. The van der Waals surface area contributed by atoms with E-state index in [0.29, 0.717) is 0 Å². The Kier molecular flexibility index (Phi) is 4.35. The van der Waals surface area contributed by atoms with Crippen LogP contribution in [0.15, 0.2) is 109 Å². The maximum atomic E-state index is 4.61. The highest BCUT2D eigenvalue weighted by atomic mass is 32.1. The molecule has 0 saturated carbocycles. The highest BCUT2D eigenvalue weighted by molar-refractivity contribution is 7.25. The number of thiophene rings is 1. The van der Waals surface area contributed by atoms with Crippen LogP contribution in [0.5, 0.6) is 0 Å². The molecular weight excluding hydrogens is 496 g/mol. The van der Waals surface area contributed by atoms with E-state index >= 15 is 0 Å². The molecule has 9 rings (SSSR count). The van der Waals surface area contributed by atoms with Crippen LogP contribution in [0.4, 0.5) is 0 Å². The maximum Gasteiger partial charge on any atom is 0.136 e. The van der Waals surface area contributed by atoms with Crippen molar-refractivity contribution in [3.63, 3.8) is 0 Å². The van der Waals surface area contributed by atoms with Crippen molar-refractivity contribution in [2.45, 2.75) is 19.4 Å². The third-order valence-corrected chi connectivity index (χ3v) is 9.43. The van der Waals surface area contributed by atoms with Gasteiger partial charge in [0.15, 0.2) is 0 Å². The fraction of sp³-hybridized carbons (Fsp3) is 0.0882. The summed E-state index contributed by atoms with van der Waals surface area (Å²) in [6, 6.07) is 38.1. The quantitative estimate of drug-likeness (QED) is 0.224. The van der Waals surface area contributed by atoms with Gasteiger partial charge in [0.05, 0.1) is 17.2 Å².